The Morgan fingerprint density at radius 3 is 2.71 bits per heavy atom. The van der Waals surface area contributed by atoms with Gasteiger partial charge in [-0.15, -0.1) is 0 Å². The van der Waals surface area contributed by atoms with Crippen LogP contribution < -0.4 is 15.4 Å². The van der Waals surface area contributed by atoms with E-state index in [2.05, 4.69) is 10.6 Å². The third-order valence-corrected chi connectivity index (χ3v) is 3.74. The summed E-state index contributed by atoms with van der Waals surface area (Å²) in [5.41, 5.74) is 1.42. The fraction of sp³-hybridized carbons (Fsp3) is 0.462. The number of amides is 1. The SMILES string of the molecule is COc1ccc2c(c1)NC1(CCCC1)C(=O)N2. The van der Waals surface area contributed by atoms with E-state index in [4.69, 9.17) is 4.74 Å². The molecule has 2 aliphatic rings. The van der Waals surface area contributed by atoms with Gasteiger partial charge in [0.15, 0.2) is 0 Å². The number of anilines is 2. The second kappa shape index (κ2) is 3.65. The maximum absolute atomic E-state index is 12.1. The fourth-order valence-corrected chi connectivity index (χ4v) is 2.75. The minimum Gasteiger partial charge on any atom is -0.497 e. The largest absolute Gasteiger partial charge is 0.497 e. The number of hydrogen-bond acceptors (Lipinski definition) is 3. The minimum atomic E-state index is -0.390. The summed E-state index contributed by atoms with van der Waals surface area (Å²) in [5, 5.41) is 6.39. The van der Waals surface area contributed by atoms with Gasteiger partial charge in [-0.05, 0) is 25.0 Å². The molecule has 0 unspecified atom stereocenters. The summed E-state index contributed by atoms with van der Waals surface area (Å²) in [5.74, 6) is 0.910. The number of carbonyl (C=O) groups excluding carboxylic acids is 1. The lowest BCUT2D eigenvalue weighted by atomic mass is 9.93. The number of hydrogen-bond donors (Lipinski definition) is 2. The van der Waals surface area contributed by atoms with Gasteiger partial charge in [0.1, 0.15) is 11.3 Å². The Hall–Kier alpha value is -1.71. The number of benzene rings is 1. The highest BCUT2D eigenvalue weighted by molar-refractivity contribution is 6.06. The molecular weight excluding hydrogens is 216 g/mol. The van der Waals surface area contributed by atoms with Crippen molar-refractivity contribution in [1.29, 1.82) is 0 Å². The van der Waals surface area contributed by atoms with Gasteiger partial charge in [0.05, 0.1) is 18.5 Å². The van der Waals surface area contributed by atoms with E-state index in [-0.39, 0.29) is 11.4 Å². The van der Waals surface area contributed by atoms with Crippen molar-refractivity contribution >= 4 is 17.3 Å². The van der Waals surface area contributed by atoms with Crippen molar-refractivity contribution in [3.8, 4) is 5.75 Å². The molecule has 0 aromatic heterocycles. The molecule has 1 aliphatic heterocycles. The summed E-state index contributed by atoms with van der Waals surface area (Å²) in [6.45, 7) is 0. The van der Waals surface area contributed by atoms with Crippen molar-refractivity contribution in [1.82, 2.24) is 0 Å². The molecule has 0 radical (unpaired) electrons. The molecule has 17 heavy (non-hydrogen) atoms. The Morgan fingerprint density at radius 2 is 2.00 bits per heavy atom. The van der Waals surface area contributed by atoms with Crippen LogP contribution in [-0.2, 0) is 4.79 Å². The third-order valence-electron chi connectivity index (χ3n) is 3.74. The van der Waals surface area contributed by atoms with E-state index in [9.17, 15) is 4.79 Å². The second-order valence-electron chi connectivity index (χ2n) is 4.78. The molecule has 0 atom stereocenters. The molecule has 1 amide bonds. The van der Waals surface area contributed by atoms with Gasteiger partial charge in [-0.1, -0.05) is 12.8 Å². The molecule has 4 nitrogen and oxygen atoms in total. The van der Waals surface area contributed by atoms with E-state index in [0.717, 1.165) is 42.8 Å². The van der Waals surface area contributed by atoms with E-state index in [1.165, 1.54) is 0 Å². The molecule has 1 heterocycles. The van der Waals surface area contributed by atoms with E-state index < -0.39 is 0 Å². The number of carbonyl (C=O) groups is 1. The standard InChI is InChI=1S/C13H16N2O2/c1-17-9-4-5-10-11(8-9)15-13(12(16)14-10)6-2-3-7-13/h4-5,8,15H,2-3,6-7H2,1H3,(H,14,16). The zero-order chi connectivity index (χ0) is 11.9. The maximum Gasteiger partial charge on any atom is 0.250 e. The Bertz CT molecular complexity index is 464. The first kappa shape index (κ1) is 10.4. The summed E-state index contributed by atoms with van der Waals surface area (Å²) >= 11 is 0. The van der Waals surface area contributed by atoms with Crippen molar-refractivity contribution < 1.29 is 9.53 Å². The summed E-state index contributed by atoms with van der Waals surface area (Å²) in [4.78, 5) is 12.1. The van der Waals surface area contributed by atoms with Gasteiger partial charge >= 0.3 is 0 Å². The lowest BCUT2D eigenvalue weighted by Crippen LogP contribution is -2.50. The minimum absolute atomic E-state index is 0.104. The molecule has 4 heteroatoms. The molecular formula is C13H16N2O2. The summed E-state index contributed by atoms with van der Waals surface area (Å²) < 4.78 is 5.21. The summed E-state index contributed by atoms with van der Waals surface area (Å²) in [6.07, 6.45) is 4.05. The quantitative estimate of drug-likeness (QED) is 0.781. The third kappa shape index (κ3) is 1.55. The smallest absolute Gasteiger partial charge is 0.250 e. The molecule has 1 aromatic rings. The molecule has 90 valence electrons. The lowest BCUT2D eigenvalue weighted by molar-refractivity contribution is -0.120. The van der Waals surface area contributed by atoms with E-state index in [1.807, 2.05) is 18.2 Å². The zero-order valence-electron chi connectivity index (χ0n) is 9.88. The van der Waals surface area contributed by atoms with Crippen LogP contribution in [0.2, 0.25) is 0 Å². The van der Waals surface area contributed by atoms with Gasteiger partial charge in [0.25, 0.3) is 0 Å². The van der Waals surface area contributed by atoms with Crippen LogP contribution in [0.3, 0.4) is 0 Å². The van der Waals surface area contributed by atoms with Gasteiger partial charge in [-0.3, -0.25) is 4.79 Å². The van der Waals surface area contributed by atoms with Crippen LogP contribution >= 0.6 is 0 Å². The van der Waals surface area contributed by atoms with Crippen LogP contribution in [0.15, 0.2) is 18.2 Å². The molecule has 0 bridgehead atoms. The number of nitrogens with one attached hydrogen (secondary N) is 2. The van der Waals surface area contributed by atoms with Gasteiger partial charge in [0, 0.05) is 6.07 Å². The van der Waals surface area contributed by atoms with Gasteiger partial charge in [-0.25, -0.2) is 0 Å². The molecule has 1 spiro atoms. The topological polar surface area (TPSA) is 50.4 Å². The zero-order valence-corrected chi connectivity index (χ0v) is 9.88. The van der Waals surface area contributed by atoms with Crippen molar-refractivity contribution in [2.75, 3.05) is 17.7 Å². The van der Waals surface area contributed by atoms with Crippen LogP contribution in [0.1, 0.15) is 25.7 Å². The molecule has 1 fully saturated rings. The molecule has 3 rings (SSSR count). The average Bonchev–Trinajstić information content (AvgIpc) is 2.80. The molecule has 1 saturated carbocycles. The lowest BCUT2D eigenvalue weighted by Gasteiger charge is -2.35. The fourth-order valence-electron chi connectivity index (χ4n) is 2.75. The second-order valence-corrected chi connectivity index (χ2v) is 4.78. The Balaban J connectivity index is 1.99. The van der Waals surface area contributed by atoms with E-state index in [1.54, 1.807) is 7.11 Å². The molecule has 1 aromatic carbocycles. The maximum atomic E-state index is 12.1. The number of rotatable bonds is 1. The molecule has 2 N–H and O–H groups in total. The number of ether oxygens (including phenoxy) is 1. The van der Waals surface area contributed by atoms with Crippen LogP contribution in [0.25, 0.3) is 0 Å². The van der Waals surface area contributed by atoms with Crippen molar-refractivity contribution in [2.24, 2.45) is 0 Å². The van der Waals surface area contributed by atoms with Crippen molar-refractivity contribution in [3.63, 3.8) is 0 Å². The van der Waals surface area contributed by atoms with Crippen LogP contribution in [0.4, 0.5) is 11.4 Å². The molecule has 1 aliphatic carbocycles. The Kier molecular flexibility index (Phi) is 2.24. The van der Waals surface area contributed by atoms with Gasteiger partial charge < -0.3 is 15.4 Å². The van der Waals surface area contributed by atoms with Gasteiger partial charge in [-0.2, -0.15) is 0 Å². The average molecular weight is 232 g/mol. The highest BCUT2D eigenvalue weighted by Crippen LogP contribution is 2.41. The predicted molar refractivity (Wildman–Crippen MR) is 66.4 cm³/mol. The van der Waals surface area contributed by atoms with E-state index in [0.29, 0.717) is 0 Å². The Morgan fingerprint density at radius 1 is 1.24 bits per heavy atom. The first-order valence-electron chi connectivity index (χ1n) is 6.01. The highest BCUT2D eigenvalue weighted by atomic mass is 16.5. The van der Waals surface area contributed by atoms with Crippen LogP contribution in [-0.4, -0.2) is 18.6 Å². The Labute approximate surface area is 100 Å². The molecule has 0 saturated heterocycles. The first-order valence-corrected chi connectivity index (χ1v) is 6.01. The van der Waals surface area contributed by atoms with Gasteiger partial charge in [0.2, 0.25) is 5.91 Å². The number of methoxy groups -OCH3 is 1. The van der Waals surface area contributed by atoms with Crippen molar-refractivity contribution in [2.45, 2.75) is 31.2 Å². The monoisotopic (exact) mass is 232 g/mol. The van der Waals surface area contributed by atoms with Crippen molar-refractivity contribution in [3.05, 3.63) is 18.2 Å². The highest BCUT2D eigenvalue weighted by Gasteiger charge is 2.44. The van der Waals surface area contributed by atoms with E-state index >= 15 is 0 Å². The predicted octanol–water partition coefficient (Wildman–Crippen LogP) is 2.37. The number of fused-ring (bicyclic) bond motifs is 1. The summed E-state index contributed by atoms with van der Waals surface area (Å²) in [7, 11) is 1.65. The normalized spacial score (nSPS) is 20.6. The summed E-state index contributed by atoms with van der Waals surface area (Å²) in [6, 6.07) is 5.67. The van der Waals surface area contributed by atoms with Crippen LogP contribution in [0, 0.1) is 0 Å². The van der Waals surface area contributed by atoms with Crippen LogP contribution in [0.5, 0.6) is 5.75 Å². The first-order chi connectivity index (χ1) is 8.23.